The Morgan fingerprint density at radius 3 is 3.05 bits per heavy atom. The van der Waals surface area contributed by atoms with E-state index in [1.165, 1.54) is 45.1 Å². The van der Waals surface area contributed by atoms with Gasteiger partial charge in [-0.25, -0.2) is 0 Å². The zero-order chi connectivity index (χ0) is 12.8. The van der Waals surface area contributed by atoms with Gasteiger partial charge in [0.25, 0.3) is 0 Å². The van der Waals surface area contributed by atoms with E-state index in [2.05, 4.69) is 29.2 Å². The fourth-order valence-corrected chi connectivity index (χ4v) is 4.70. The third kappa shape index (κ3) is 1.85. The molecule has 4 rings (SSSR count). The second-order valence-corrected chi connectivity index (χ2v) is 6.60. The SMILES string of the molecule is NC1CCN2C3CCCCC3=C3C=CC=CC3C2C1. The number of fused-ring (bicyclic) bond motifs is 5. The highest BCUT2D eigenvalue weighted by Gasteiger charge is 2.43. The van der Waals surface area contributed by atoms with E-state index in [1.54, 1.807) is 11.1 Å². The van der Waals surface area contributed by atoms with Crippen molar-refractivity contribution in [1.29, 1.82) is 0 Å². The van der Waals surface area contributed by atoms with E-state index < -0.39 is 0 Å². The third-order valence-electron chi connectivity index (χ3n) is 5.55. The minimum atomic E-state index is 0.409. The van der Waals surface area contributed by atoms with Crippen LogP contribution in [-0.4, -0.2) is 29.6 Å². The van der Waals surface area contributed by atoms with Gasteiger partial charge in [0.15, 0.2) is 0 Å². The van der Waals surface area contributed by atoms with Crippen LogP contribution in [0.5, 0.6) is 0 Å². The van der Waals surface area contributed by atoms with Gasteiger partial charge in [0, 0.05) is 30.6 Å². The van der Waals surface area contributed by atoms with Crippen LogP contribution in [-0.2, 0) is 0 Å². The predicted molar refractivity (Wildman–Crippen MR) is 78.8 cm³/mol. The summed E-state index contributed by atoms with van der Waals surface area (Å²) >= 11 is 0. The van der Waals surface area contributed by atoms with Crippen molar-refractivity contribution in [3.63, 3.8) is 0 Å². The van der Waals surface area contributed by atoms with E-state index in [0.717, 1.165) is 6.04 Å². The van der Waals surface area contributed by atoms with Crippen molar-refractivity contribution in [1.82, 2.24) is 4.90 Å². The number of piperidine rings is 1. The van der Waals surface area contributed by atoms with Crippen molar-refractivity contribution >= 4 is 0 Å². The molecule has 0 radical (unpaired) electrons. The van der Waals surface area contributed by atoms with E-state index in [1.807, 2.05) is 0 Å². The van der Waals surface area contributed by atoms with Gasteiger partial charge in [-0.3, -0.25) is 4.90 Å². The van der Waals surface area contributed by atoms with Gasteiger partial charge in [-0.1, -0.05) is 30.7 Å². The monoisotopic (exact) mass is 256 g/mol. The molecule has 0 spiro atoms. The van der Waals surface area contributed by atoms with Crippen molar-refractivity contribution in [3.05, 3.63) is 35.5 Å². The predicted octanol–water partition coefficient (Wildman–Crippen LogP) is 2.77. The molecule has 4 atom stereocenters. The molecule has 0 aromatic heterocycles. The highest BCUT2D eigenvalue weighted by molar-refractivity contribution is 5.43. The molecule has 2 aliphatic carbocycles. The van der Waals surface area contributed by atoms with Gasteiger partial charge >= 0.3 is 0 Å². The summed E-state index contributed by atoms with van der Waals surface area (Å²) in [6.45, 7) is 1.21. The number of nitrogens with zero attached hydrogens (tertiary/aromatic N) is 1. The second-order valence-electron chi connectivity index (χ2n) is 6.60. The Bertz CT molecular complexity index is 460. The Hall–Kier alpha value is -0.860. The largest absolute Gasteiger partial charge is 0.328 e. The van der Waals surface area contributed by atoms with Crippen molar-refractivity contribution < 1.29 is 0 Å². The van der Waals surface area contributed by atoms with Crippen molar-refractivity contribution in [2.24, 2.45) is 11.7 Å². The second kappa shape index (κ2) is 4.60. The summed E-state index contributed by atoms with van der Waals surface area (Å²) in [5, 5.41) is 0. The Balaban J connectivity index is 1.78. The van der Waals surface area contributed by atoms with Gasteiger partial charge < -0.3 is 5.73 Å². The van der Waals surface area contributed by atoms with Crippen molar-refractivity contribution in [2.45, 2.75) is 56.7 Å². The first-order chi connectivity index (χ1) is 9.34. The maximum atomic E-state index is 6.25. The molecule has 4 aliphatic rings. The van der Waals surface area contributed by atoms with Gasteiger partial charge in [-0.2, -0.15) is 0 Å². The molecule has 19 heavy (non-hydrogen) atoms. The van der Waals surface area contributed by atoms with Crippen molar-refractivity contribution in [3.8, 4) is 0 Å². The maximum absolute atomic E-state index is 6.25. The Kier molecular flexibility index (Phi) is 2.89. The van der Waals surface area contributed by atoms with Gasteiger partial charge in [0.2, 0.25) is 0 Å². The lowest BCUT2D eigenvalue weighted by atomic mass is 9.70. The normalized spacial score (nSPS) is 41.7. The standard InChI is InChI=1S/C17H24N2/c18-12-9-10-19-16-8-4-3-6-14(16)13-5-1-2-7-15(13)17(19)11-12/h1-2,5,7,12,15-17H,3-4,6,8-11,18H2. The molecule has 0 aromatic rings. The summed E-state index contributed by atoms with van der Waals surface area (Å²) in [6, 6.07) is 1.80. The molecule has 4 unspecified atom stereocenters. The first-order valence-corrected chi connectivity index (χ1v) is 7.94. The summed E-state index contributed by atoms with van der Waals surface area (Å²) in [4.78, 5) is 2.80. The lowest BCUT2D eigenvalue weighted by Gasteiger charge is -2.52. The molecule has 0 aromatic carbocycles. The molecule has 2 nitrogen and oxygen atoms in total. The molecule has 2 fully saturated rings. The van der Waals surface area contributed by atoms with Crippen LogP contribution in [0.4, 0.5) is 0 Å². The molecule has 2 heteroatoms. The number of hydrogen-bond acceptors (Lipinski definition) is 2. The molecule has 0 bridgehead atoms. The van der Waals surface area contributed by atoms with Gasteiger partial charge in [0.05, 0.1) is 0 Å². The first-order valence-electron chi connectivity index (χ1n) is 7.94. The van der Waals surface area contributed by atoms with Crippen LogP contribution in [0.25, 0.3) is 0 Å². The Morgan fingerprint density at radius 2 is 2.11 bits per heavy atom. The van der Waals surface area contributed by atoms with Gasteiger partial charge in [-0.05, 0) is 43.3 Å². The molecule has 2 aliphatic heterocycles. The van der Waals surface area contributed by atoms with Gasteiger partial charge in [-0.15, -0.1) is 0 Å². The molecule has 1 saturated heterocycles. The maximum Gasteiger partial charge on any atom is 0.0316 e. The summed E-state index contributed by atoms with van der Waals surface area (Å²) in [6.07, 6.45) is 17.1. The molecular weight excluding hydrogens is 232 g/mol. The fourth-order valence-electron chi connectivity index (χ4n) is 4.70. The highest BCUT2D eigenvalue weighted by Crippen LogP contribution is 2.44. The molecular formula is C17H24N2. The first kappa shape index (κ1) is 11.9. The van der Waals surface area contributed by atoms with Crippen LogP contribution in [0.15, 0.2) is 35.5 Å². The summed E-state index contributed by atoms with van der Waals surface area (Å²) in [5.74, 6) is 0.612. The quantitative estimate of drug-likeness (QED) is 0.722. The molecule has 1 saturated carbocycles. The number of allylic oxidation sites excluding steroid dienone is 3. The molecule has 2 N–H and O–H groups in total. The number of nitrogens with two attached hydrogens (primary N) is 1. The Morgan fingerprint density at radius 1 is 1.16 bits per heavy atom. The van der Waals surface area contributed by atoms with E-state index in [4.69, 9.17) is 5.73 Å². The van der Waals surface area contributed by atoms with E-state index >= 15 is 0 Å². The van der Waals surface area contributed by atoms with Crippen LogP contribution in [0, 0.1) is 5.92 Å². The number of rotatable bonds is 0. The van der Waals surface area contributed by atoms with E-state index in [9.17, 15) is 0 Å². The minimum Gasteiger partial charge on any atom is -0.328 e. The Labute approximate surface area is 116 Å². The smallest absolute Gasteiger partial charge is 0.0316 e. The lowest BCUT2D eigenvalue weighted by molar-refractivity contribution is 0.0583. The van der Waals surface area contributed by atoms with Crippen LogP contribution >= 0.6 is 0 Å². The van der Waals surface area contributed by atoms with Crippen LogP contribution in [0.3, 0.4) is 0 Å². The third-order valence-corrected chi connectivity index (χ3v) is 5.55. The van der Waals surface area contributed by atoms with Crippen LogP contribution < -0.4 is 5.73 Å². The van der Waals surface area contributed by atoms with Crippen LogP contribution in [0.2, 0.25) is 0 Å². The fraction of sp³-hybridized carbons (Fsp3) is 0.647. The van der Waals surface area contributed by atoms with E-state index in [0.29, 0.717) is 18.0 Å². The summed E-state index contributed by atoms with van der Waals surface area (Å²) < 4.78 is 0. The average Bonchev–Trinajstić information content (AvgIpc) is 2.47. The molecule has 102 valence electrons. The lowest BCUT2D eigenvalue weighted by Crippen LogP contribution is -2.58. The number of hydrogen-bond donors (Lipinski definition) is 1. The zero-order valence-corrected chi connectivity index (χ0v) is 11.6. The van der Waals surface area contributed by atoms with Crippen LogP contribution in [0.1, 0.15) is 38.5 Å². The average molecular weight is 256 g/mol. The van der Waals surface area contributed by atoms with E-state index in [-0.39, 0.29) is 0 Å². The minimum absolute atomic E-state index is 0.409. The molecule has 2 heterocycles. The van der Waals surface area contributed by atoms with Crippen molar-refractivity contribution in [2.75, 3.05) is 6.54 Å². The summed E-state index contributed by atoms with van der Waals surface area (Å²) in [5.41, 5.74) is 9.64. The molecule has 0 amide bonds. The topological polar surface area (TPSA) is 29.3 Å². The summed E-state index contributed by atoms with van der Waals surface area (Å²) in [7, 11) is 0. The highest BCUT2D eigenvalue weighted by atomic mass is 15.2. The van der Waals surface area contributed by atoms with Gasteiger partial charge in [0.1, 0.15) is 0 Å². The zero-order valence-electron chi connectivity index (χ0n) is 11.6.